The molecule has 0 aromatic heterocycles. The summed E-state index contributed by atoms with van der Waals surface area (Å²) in [7, 11) is 1.53. The lowest BCUT2D eigenvalue weighted by Crippen LogP contribution is -2.32. The second kappa shape index (κ2) is 11.3. The van der Waals surface area contributed by atoms with Crippen LogP contribution in [0.5, 0.6) is 11.5 Å². The van der Waals surface area contributed by atoms with Crippen molar-refractivity contribution in [3.63, 3.8) is 0 Å². The van der Waals surface area contributed by atoms with Crippen molar-refractivity contribution in [2.45, 2.75) is 6.61 Å². The maximum absolute atomic E-state index is 11.9. The first-order valence-corrected chi connectivity index (χ1v) is 10.6. The molecule has 0 aliphatic carbocycles. The molecule has 2 N–H and O–H groups in total. The van der Waals surface area contributed by atoms with Gasteiger partial charge in [0.05, 0.1) is 13.3 Å². The van der Waals surface area contributed by atoms with Gasteiger partial charge >= 0.3 is 11.8 Å². The average Bonchev–Trinajstić information content (AvgIpc) is 2.80. The third kappa shape index (κ3) is 6.83. The molecule has 0 unspecified atom stereocenters. The van der Waals surface area contributed by atoms with Gasteiger partial charge in [0.25, 0.3) is 0 Å². The van der Waals surface area contributed by atoms with Crippen molar-refractivity contribution in [2.24, 2.45) is 5.10 Å². The molecular weight excluding hydrogens is 498 g/mol. The highest BCUT2D eigenvalue weighted by Crippen LogP contribution is 2.28. The number of nitrogens with one attached hydrogen (secondary N) is 2. The maximum atomic E-state index is 11.9. The number of hydrogen-bond acceptors (Lipinski definition) is 5. The monoisotopic (exact) mass is 515 g/mol. The molecule has 0 heterocycles. The number of benzene rings is 3. The molecule has 0 aliphatic heterocycles. The van der Waals surface area contributed by atoms with E-state index in [-0.39, 0.29) is 0 Å². The molecule has 0 aliphatic rings. The molecule has 0 spiro atoms. The molecule has 0 atom stereocenters. The van der Waals surface area contributed by atoms with Gasteiger partial charge in [-0.15, -0.1) is 0 Å². The van der Waals surface area contributed by atoms with Crippen molar-refractivity contribution in [2.75, 3.05) is 12.4 Å². The Balaban J connectivity index is 1.55. The predicted molar refractivity (Wildman–Crippen MR) is 127 cm³/mol. The third-order valence-electron chi connectivity index (χ3n) is 4.18. The highest BCUT2D eigenvalue weighted by atomic mass is 79.9. The summed E-state index contributed by atoms with van der Waals surface area (Å²) in [5.74, 6) is -0.660. The van der Waals surface area contributed by atoms with E-state index in [2.05, 4.69) is 31.8 Å². The second-order valence-corrected chi connectivity index (χ2v) is 7.84. The molecule has 2 amide bonds. The highest BCUT2D eigenvalue weighted by Gasteiger charge is 2.13. The number of hydrazone groups is 1. The van der Waals surface area contributed by atoms with E-state index in [0.29, 0.717) is 34.4 Å². The summed E-state index contributed by atoms with van der Waals surface area (Å²) in [5.41, 5.74) is 4.30. The van der Waals surface area contributed by atoms with Crippen molar-refractivity contribution >= 4 is 51.2 Å². The Morgan fingerprint density at radius 3 is 2.41 bits per heavy atom. The topological polar surface area (TPSA) is 89.0 Å². The summed E-state index contributed by atoms with van der Waals surface area (Å²) in [5, 5.41) is 6.97. The summed E-state index contributed by atoms with van der Waals surface area (Å²) in [6, 6.07) is 19.4. The van der Waals surface area contributed by atoms with Gasteiger partial charge in [-0.2, -0.15) is 5.10 Å². The zero-order valence-corrected chi connectivity index (χ0v) is 19.3. The van der Waals surface area contributed by atoms with Crippen molar-refractivity contribution in [1.29, 1.82) is 0 Å². The van der Waals surface area contributed by atoms with E-state index in [1.54, 1.807) is 54.6 Å². The summed E-state index contributed by atoms with van der Waals surface area (Å²) in [6.45, 7) is 0.352. The van der Waals surface area contributed by atoms with Crippen LogP contribution >= 0.6 is 27.5 Å². The SMILES string of the molecule is COc1cc(C=NNC(=O)C(=O)Nc2ccc(Br)cc2)ccc1OCc1ccc(Cl)cc1. The van der Waals surface area contributed by atoms with Gasteiger partial charge in [-0.05, 0) is 65.7 Å². The van der Waals surface area contributed by atoms with Crippen LogP contribution in [0.4, 0.5) is 5.69 Å². The Morgan fingerprint density at radius 1 is 1.00 bits per heavy atom. The Morgan fingerprint density at radius 2 is 1.72 bits per heavy atom. The Bertz CT molecular complexity index is 1120. The fourth-order valence-electron chi connectivity index (χ4n) is 2.56. The second-order valence-electron chi connectivity index (χ2n) is 6.49. The molecule has 0 saturated heterocycles. The van der Waals surface area contributed by atoms with Gasteiger partial charge in [0.15, 0.2) is 11.5 Å². The van der Waals surface area contributed by atoms with Gasteiger partial charge in [0.2, 0.25) is 0 Å². The molecule has 0 saturated carbocycles. The minimum Gasteiger partial charge on any atom is -0.493 e. The zero-order valence-electron chi connectivity index (χ0n) is 17.0. The van der Waals surface area contributed by atoms with E-state index in [1.165, 1.54) is 13.3 Å². The van der Waals surface area contributed by atoms with Crippen LogP contribution in [0.25, 0.3) is 0 Å². The third-order valence-corrected chi connectivity index (χ3v) is 4.96. The number of hydrogen-bond donors (Lipinski definition) is 2. The van der Waals surface area contributed by atoms with E-state index in [9.17, 15) is 9.59 Å². The normalized spacial score (nSPS) is 10.6. The van der Waals surface area contributed by atoms with E-state index in [1.807, 2.05) is 12.1 Å². The number of rotatable bonds is 7. The van der Waals surface area contributed by atoms with E-state index < -0.39 is 11.8 Å². The number of ether oxygens (including phenoxy) is 2. The van der Waals surface area contributed by atoms with Gasteiger partial charge in [-0.25, -0.2) is 5.43 Å². The lowest BCUT2D eigenvalue weighted by molar-refractivity contribution is -0.136. The van der Waals surface area contributed by atoms with Crippen molar-refractivity contribution in [3.8, 4) is 11.5 Å². The first kappa shape index (κ1) is 23.3. The first-order valence-electron chi connectivity index (χ1n) is 9.40. The van der Waals surface area contributed by atoms with Crippen LogP contribution in [0.15, 0.2) is 76.3 Å². The smallest absolute Gasteiger partial charge is 0.329 e. The number of nitrogens with zero attached hydrogens (tertiary/aromatic N) is 1. The molecular formula is C23H19BrClN3O4. The highest BCUT2D eigenvalue weighted by molar-refractivity contribution is 9.10. The van der Waals surface area contributed by atoms with Crippen LogP contribution in [-0.4, -0.2) is 25.1 Å². The number of anilines is 1. The predicted octanol–water partition coefficient (Wildman–Crippen LogP) is 4.78. The van der Waals surface area contributed by atoms with E-state index in [0.717, 1.165) is 10.0 Å². The molecule has 32 heavy (non-hydrogen) atoms. The van der Waals surface area contributed by atoms with Crippen LogP contribution in [0, 0.1) is 0 Å². The average molecular weight is 517 g/mol. The molecule has 0 bridgehead atoms. The molecule has 9 heteroatoms. The summed E-state index contributed by atoms with van der Waals surface area (Å²) >= 11 is 9.19. The maximum Gasteiger partial charge on any atom is 0.329 e. The Kier molecular flexibility index (Phi) is 8.24. The van der Waals surface area contributed by atoms with E-state index >= 15 is 0 Å². The van der Waals surface area contributed by atoms with E-state index in [4.69, 9.17) is 21.1 Å². The molecule has 3 aromatic carbocycles. The van der Waals surface area contributed by atoms with Gasteiger partial charge in [-0.1, -0.05) is 39.7 Å². The summed E-state index contributed by atoms with van der Waals surface area (Å²) in [6.07, 6.45) is 1.40. The van der Waals surface area contributed by atoms with Gasteiger partial charge in [-0.3, -0.25) is 9.59 Å². The number of carbonyl (C=O) groups excluding carboxylic acids is 2. The largest absolute Gasteiger partial charge is 0.493 e. The summed E-state index contributed by atoms with van der Waals surface area (Å²) < 4.78 is 12.0. The Hall–Kier alpha value is -3.36. The van der Waals surface area contributed by atoms with Gasteiger partial charge in [0, 0.05) is 15.2 Å². The summed E-state index contributed by atoms with van der Waals surface area (Å²) in [4.78, 5) is 23.9. The number of carbonyl (C=O) groups is 2. The minimum absolute atomic E-state index is 0.352. The van der Waals surface area contributed by atoms with Crippen molar-refractivity contribution < 1.29 is 19.1 Å². The van der Waals surface area contributed by atoms with Crippen LogP contribution in [0.3, 0.4) is 0 Å². The molecule has 0 radical (unpaired) electrons. The van der Waals surface area contributed by atoms with Crippen LogP contribution < -0.4 is 20.2 Å². The van der Waals surface area contributed by atoms with Gasteiger partial charge in [0.1, 0.15) is 6.61 Å². The lowest BCUT2D eigenvalue weighted by atomic mass is 10.2. The fourth-order valence-corrected chi connectivity index (χ4v) is 2.95. The van der Waals surface area contributed by atoms with Crippen LogP contribution in [0.1, 0.15) is 11.1 Å². The number of halogens is 2. The quantitative estimate of drug-likeness (QED) is 0.269. The molecule has 3 aromatic rings. The first-order chi connectivity index (χ1) is 15.4. The number of amides is 2. The zero-order chi connectivity index (χ0) is 22.9. The Labute approximate surface area is 198 Å². The fraction of sp³-hybridized carbons (Fsp3) is 0.0870. The molecule has 3 rings (SSSR count). The molecule has 7 nitrogen and oxygen atoms in total. The molecule has 0 fully saturated rings. The molecule has 164 valence electrons. The van der Waals surface area contributed by atoms with Gasteiger partial charge < -0.3 is 14.8 Å². The van der Waals surface area contributed by atoms with Crippen LogP contribution in [0.2, 0.25) is 5.02 Å². The number of methoxy groups -OCH3 is 1. The van der Waals surface area contributed by atoms with Crippen LogP contribution in [-0.2, 0) is 16.2 Å². The minimum atomic E-state index is -0.890. The lowest BCUT2D eigenvalue weighted by Gasteiger charge is -2.11. The standard InChI is InChI=1S/C23H19BrClN3O4/c1-31-21-12-16(4-11-20(21)32-14-15-2-7-18(25)8-3-15)13-26-28-23(30)22(29)27-19-9-5-17(24)6-10-19/h2-13H,14H2,1H3,(H,27,29)(H,28,30). The van der Waals surface area contributed by atoms with Crippen molar-refractivity contribution in [3.05, 3.63) is 87.4 Å². The van der Waals surface area contributed by atoms with Crippen molar-refractivity contribution in [1.82, 2.24) is 5.43 Å².